The summed E-state index contributed by atoms with van der Waals surface area (Å²) in [7, 11) is 0. The molecule has 1 heterocycles. The minimum atomic E-state index is -0.221. The summed E-state index contributed by atoms with van der Waals surface area (Å²) in [5.74, 6) is 0.340. The number of nitrogens with one attached hydrogen (secondary N) is 1. The zero-order valence-corrected chi connectivity index (χ0v) is 12.7. The Morgan fingerprint density at radius 1 is 1.19 bits per heavy atom. The van der Waals surface area contributed by atoms with Gasteiger partial charge in [0.15, 0.2) is 0 Å². The summed E-state index contributed by atoms with van der Waals surface area (Å²) in [6, 6.07) is 5.09. The van der Waals surface area contributed by atoms with Crippen molar-refractivity contribution in [2.75, 3.05) is 50.9 Å². The van der Waals surface area contributed by atoms with E-state index in [1.54, 1.807) is 6.07 Å². The number of hydrogen-bond acceptors (Lipinski definition) is 4. The summed E-state index contributed by atoms with van der Waals surface area (Å²) in [6.07, 6.45) is 2.19. The SMILES string of the molecule is CCCCOCCOc1ccc(N2CCNCC2)c(F)c1. The second kappa shape index (κ2) is 8.85. The molecule has 0 aromatic heterocycles. The molecule has 0 aliphatic carbocycles. The Hall–Kier alpha value is -1.33. The first-order valence-corrected chi connectivity index (χ1v) is 7.77. The van der Waals surface area contributed by atoms with E-state index in [2.05, 4.69) is 17.1 Å². The molecular weight excluding hydrogens is 271 g/mol. The summed E-state index contributed by atoms with van der Waals surface area (Å²) >= 11 is 0. The number of hydrogen-bond donors (Lipinski definition) is 1. The molecule has 21 heavy (non-hydrogen) atoms. The van der Waals surface area contributed by atoms with Crippen LogP contribution in [0.25, 0.3) is 0 Å². The number of piperazine rings is 1. The van der Waals surface area contributed by atoms with Crippen molar-refractivity contribution in [1.82, 2.24) is 5.32 Å². The highest BCUT2D eigenvalue weighted by Crippen LogP contribution is 2.24. The van der Waals surface area contributed by atoms with Gasteiger partial charge in [-0.1, -0.05) is 13.3 Å². The topological polar surface area (TPSA) is 33.7 Å². The number of halogens is 1. The Bertz CT molecular complexity index is 423. The highest BCUT2D eigenvalue weighted by Gasteiger charge is 2.14. The number of nitrogens with zero attached hydrogens (tertiary/aromatic N) is 1. The Balaban J connectivity index is 1.78. The van der Waals surface area contributed by atoms with Crippen molar-refractivity contribution in [3.05, 3.63) is 24.0 Å². The highest BCUT2D eigenvalue weighted by molar-refractivity contribution is 5.51. The molecule has 0 atom stereocenters. The number of ether oxygens (including phenoxy) is 2. The van der Waals surface area contributed by atoms with Gasteiger partial charge < -0.3 is 19.7 Å². The maximum atomic E-state index is 14.1. The van der Waals surface area contributed by atoms with E-state index in [1.807, 2.05) is 6.07 Å². The summed E-state index contributed by atoms with van der Waals surface area (Å²) in [4.78, 5) is 2.06. The fourth-order valence-electron chi connectivity index (χ4n) is 2.31. The molecule has 1 aromatic carbocycles. The fraction of sp³-hybridized carbons (Fsp3) is 0.625. The predicted octanol–water partition coefficient (Wildman–Crippen LogP) is 2.43. The third-order valence-electron chi connectivity index (χ3n) is 3.52. The van der Waals surface area contributed by atoms with E-state index in [9.17, 15) is 4.39 Å². The largest absolute Gasteiger partial charge is 0.491 e. The van der Waals surface area contributed by atoms with Gasteiger partial charge in [0.25, 0.3) is 0 Å². The van der Waals surface area contributed by atoms with Crippen molar-refractivity contribution in [3.8, 4) is 5.75 Å². The molecule has 1 saturated heterocycles. The minimum Gasteiger partial charge on any atom is -0.491 e. The lowest BCUT2D eigenvalue weighted by atomic mass is 10.2. The standard InChI is InChI=1S/C16H25FN2O2/c1-2-3-10-20-11-12-21-14-4-5-16(15(17)13-14)19-8-6-18-7-9-19/h4-5,13,18H,2-3,6-12H2,1H3. The lowest BCUT2D eigenvalue weighted by molar-refractivity contribution is 0.0979. The van der Waals surface area contributed by atoms with Crippen molar-refractivity contribution < 1.29 is 13.9 Å². The number of anilines is 1. The zero-order chi connectivity index (χ0) is 14.9. The molecule has 0 saturated carbocycles. The second-order valence-electron chi connectivity index (χ2n) is 5.16. The lowest BCUT2D eigenvalue weighted by Crippen LogP contribution is -2.43. The van der Waals surface area contributed by atoms with Crippen LogP contribution >= 0.6 is 0 Å². The molecule has 1 fully saturated rings. The Kier molecular flexibility index (Phi) is 6.76. The highest BCUT2D eigenvalue weighted by atomic mass is 19.1. The third-order valence-corrected chi connectivity index (χ3v) is 3.52. The van der Waals surface area contributed by atoms with Crippen molar-refractivity contribution in [2.45, 2.75) is 19.8 Å². The van der Waals surface area contributed by atoms with Crippen LogP contribution in [-0.2, 0) is 4.74 Å². The van der Waals surface area contributed by atoms with Crippen LogP contribution in [0.1, 0.15) is 19.8 Å². The van der Waals surface area contributed by atoms with Crippen LogP contribution < -0.4 is 15.0 Å². The van der Waals surface area contributed by atoms with Gasteiger partial charge in [-0.2, -0.15) is 0 Å². The molecule has 1 N–H and O–H groups in total. The van der Waals surface area contributed by atoms with Crippen molar-refractivity contribution >= 4 is 5.69 Å². The summed E-state index contributed by atoms with van der Waals surface area (Å²) in [5, 5.41) is 3.26. The molecular formula is C16H25FN2O2. The van der Waals surface area contributed by atoms with Crippen LogP contribution in [0.5, 0.6) is 5.75 Å². The Morgan fingerprint density at radius 3 is 2.71 bits per heavy atom. The normalized spacial score (nSPS) is 15.2. The van der Waals surface area contributed by atoms with Gasteiger partial charge in [0.05, 0.1) is 12.3 Å². The molecule has 0 unspecified atom stereocenters. The van der Waals surface area contributed by atoms with Crippen molar-refractivity contribution in [3.63, 3.8) is 0 Å². The monoisotopic (exact) mass is 296 g/mol. The molecule has 0 spiro atoms. The van der Waals surface area contributed by atoms with Crippen LogP contribution in [0.2, 0.25) is 0 Å². The van der Waals surface area contributed by atoms with Crippen LogP contribution in [0.3, 0.4) is 0 Å². The van der Waals surface area contributed by atoms with Crippen molar-refractivity contribution in [1.29, 1.82) is 0 Å². The van der Waals surface area contributed by atoms with Crippen LogP contribution in [-0.4, -0.2) is 46.0 Å². The second-order valence-corrected chi connectivity index (χ2v) is 5.16. The van der Waals surface area contributed by atoms with Crippen LogP contribution in [0.15, 0.2) is 18.2 Å². The Morgan fingerprint density at radius 2 is 2.00 bits per heavy atom. The Labute approximate surface area is 126 Å². The van der Waals surface area contributed by atoms with Gasteiger partial charge in [0, 0.05) is 38.9 Å². The number of benzene rings is 1. The quantitative estimate of drug-likeness (QED) is 0.747. The van der Waals surface area contributed by atoms with E-state index in [-0.39, 0.29) is 5.82 Å². The molecule has 5 heteroatoms. The third kappa shape index (κ3) is 5.17. The van der Waals surface area contributed by atoms with Crippen molar-refractivity contribution in [2.24, 2.45) is 0 Å². The van der Waals surface area contributed by atoms with E-state index >= 15 is 0 Å². The van der Waals surface area contributed by atoms with Gasteiger partial charge >= 0.3 is 0 Å². The van der Waals surface area contributed by atoms with Gasteiger partial charge in [0.1, 0.15) is 18.2 Å². The van der Waals surface area contributed by atoms with E-state index in [0.29, 0.717) is 24.7 Å². The zero-order valence-electron chi connectivity index (χ0n) is 12.7. The van der Waals surface area contributed by atoms with E-state index in [1.165, 1.54) is 6.07 Å². The summed E-state index contributed by atoms with van der Waals surface area (Å²) < 4.78 is 25.1. The average Bonchev–Trinajstić information content (AvgIpc) is 2.52. The number of rotatable bonds is 8. The van der Waals surface area contributed by atoms with E-state index < -0.39 is 0 Å². The minimum absolute atomic E-state index is 0.221. The first-order chi connectivity index (χ1) is 10.3. The smallest absolute Gasteiger partial charge is 0.150 e. The molecule has 118 valence electrons. The molecule has 2 rings (SSSR count). The van der Waals surface area contributed by atoms with Gasteiger partial charge in [-0.3, -0.25) is 0 Å². The fourth-order valence-corrected chi connectivity index (χ4v) is 2.31. The molecule has 0 radical (unpaired) electrons. The average molecular weight is 296 g/mol. The maximum absolute atomic E-state index is 14.1. The molecule has 1 aromatic rings. The maximum Gasteiger partial charge on any atom is 0.150 e. The molecule has 0 bridgehead atoms. The van der Waals surface area contributed by atoms with Gasteiger partial charge in [-0.25, -0.2) is 4.39 Å². The van der Waals surface area contributed by atoms with Gasteiger partial charge in [0.2, 0.25) is 0 Å². The predicted molar refractivity (Wildman–Crippen MR) is 82.7 cm³/mol. The molecule has 4 nitrogen and oxygen atoms in total. The van der Waals surface area contributed by atoms with E-state index in [0.717, 1.165) is 45.6 Å². The summed E-state index contributed by atoms with van der Waals surface area (Å²) in [5.41, 5.74) is 0.656. The first-order valence-electron chi connectivity index (χ1n) is 7.77. The molecule has 1 aliphatic rings. The lowest BCUT2D eigenvalue weighted by Gasteiger charge is -2.29. The van der Waals surface area contributed by atoms with Crippen LogP contribution in [0.4, 0.5) is 10.1 Å². The van der Waals surface area contributed by atoms with Gasteiger partial charge in [-0.05, 0) is 18.6 Å². The van der Waals surface area contributed by atoms with Gasteiger partial charge in [-0.15, -0.1) is 0 Å². The van der Waals surface area contributed by atoms with Crippen LogP contribution in [0, 0.1) is 5.82 Å². The first kappa shape index (κ1) is 16.0. The number of unbranched alkanes of at least 4 members (excludes halogenated alkanes) is 1. The summed E-state index contributed by atoms with van der Waals surface area (Å²) in [6.45, 7) is 7.35. The van der Waals surface area contributed by atoms with E-state index in [4.69, 9.17) is 9.47 Å². The molecule has 1 aliphatic heterocycles. The molecule has 0 amide bonds.